The lowest BCUT2D eigenvalue weighted by Crippen LogP contribution is -2.54. The van der Waals surface area contributed by atoms with E-state index in [2.05, 4.69) is 24.8 Å². The second kappa shape index (κ2) is 15.0. The number of anilines is 2. The number of aryl methyl sites for hydroxylation is 2. The van der Waals surface area contributed by atoms with Gasteiger partial charge >= 0.3 is 0 Å². The molecule has 5 amide bonds. The number of alkyl halides is 2. The van der Waals surface area contributed by atoms with E-state index in [1.165, 1.54) is 0 Å². The molecule has 0 aliphatic carbocycles. The lowest BCUT2D eigenvalue weighted by atomic mass is 9.91. The molecule has 10 rings (SSSR count). The van der Waals surface area contributed by atoms with Gasteiger partial charge in [-0.15, -0.1) is 0 Å². The molecular weight excluding hydrogens is 785 g/mol. The lowest BCUT2D eigenvalue weighted by Gasteiger charge is -2.34. The molecule has 2 fully saturated rings. The molecule has 3 aromatic heterocycles. The number of halogens is 2. The highest BCUT2D eigenvalue weighted by Gasteiger charge is 2.46. The van der Waals surface area contributed by atoms with Gasteiger partial charge in [-0.05, 0) is 73.1 Å². The number of piperidine rings is 2. The Bertz CT molecular complexity index is 2680. The third kappa shape index (κ3) is 6.49. The van der Waals surface area contributed by atoms with Crippen molar-refractivity contribution in [3.05, 3.63) is 94.1 Å². The first kappa shape index (κ1) is 38.9. The van der Waals surface area contributed by atoms with Crippen LogP contribution in [-0.2, 0) is 47.4 Å². The van der Waals surface area contributed by atoms with Crippen molar-refractivity contribution in [3.8, 4) is 11.1 Å². The van der Waals surface area contributed by atoms with Crippen molar-refractivity contribution in [2.75, 3.05) is 31.1 Å². The van der Waals surface area contributed by atoms with Crippen molar-refractivity contribution in [1.82, 2.24) is 39.3 Å². The van der Waals surface area contributed by atoms with Gasteiger partial charge in [0.25, 0.3) is 18.2 Å². The van der Waals surface area contributed by atoms with Crippen molar-refractivity contribution in [2.45, 2.75) is 83.5 Å². The minimum atomic E-state index is -2.72. The first-order chi connectivity index (χ1) is 29.5. The topological polar surface area (TPSA) is 146 Å². The average molecular weight is 830 g/mol. The predicted molar refractivity (Wildman–Crippen MR) is 220 cm³/mol. The third-order valence-corrected chi connectivity index (χ3v) is 13.3. The van der Waals surface area contributed by atoms with Crippen LogP contribution in [0.15, 0.2) is 55.0 Å². The van der Waals surface area contributed by atoms with Crippen LogP contribution in [0.3, 0.4) is 0 Å². The SMILES string of the molecule is CC(=O)N1CCc2c(c(N3CCCc4cc(-c5cn(C)c6ccncc56)c(C(F)F)cc43)nn2C2CCN(Cc3cccc4c3C(=O)N(C3CCC(=O)NC3=O)C4=O)CC2)C1. The Kier molecular flexibility index (Phi) is 9.57. The first-order valence-electron chi connectivity index (χ1n) is 21.0. The lowest BCUT2D eigenvalue weighted by molar-refractivity contribution is -0.136. The van der Waals surface area contributed by atoms with Gasteiger partial charge in [-0.1, -0.05) is 12.1 Å². The molecule has 1 atom stereocenters. The van der Waals surface area contributed by atoms with E-state index in [0.717, 1.165) is 63.9 Å². The van der Waals surface area contributed by atoms with Crippen LogP contribution in [-0.4, -0.2) is 95.8 Å². The van der Waals surface area contributed by atoms with E-state index in [-0.39, 0.29) is 35.9 Å². The van der Waals surface area contributed by atoms with Crippen molar-refractivity contribution < 1.29 is 32.8 Å². The number of carbonyl (C=O) groups excluding carboxylic acids is 5. The molecule has 2 aromatic carbocycles. The Morgan fingerprint density at radius 3 is 2.52 bits per heavy atom. The monoisotopic (exact) mass is 829 g/mol. The van der Waals surface area contributed by atoms with Gasteiger partial charge in [0, 0.05) is 112 Å². The Morgan fingerprint density at radius 1 is 0.934 bits per heavy atom. The summed E-state index contributed by atoms with van der Waals surface area (Å²) in [5.41, 5.74) is 7.05. The summed E-state index contributed by atoms with van der Waals surface area (Å²) in [7, 11) is 1.90. The van der Waals surface area contributed by atoms with E-state index in [9.17, 15) is 24.0 Å². The van der Waals surface area contributed by atoms with Crippen LogP contribution in [0.5, 0.6) is 0 Å². The summed E-state index contributed by atoms with van der Waals surface area (Å²) in [4.78, 5) is 75.8. The largest absolute Gasteiger partial charge is 0.350 e. The van der Waals surface area contributed by atoms with Crippen LogP contribution in [0.2, 0.25) is 0 Å². The van der Waals surface area contributed by atoms with Gasteiger partial charge in [0.2, 0.25) is 17.7 Å². The molecule has 1 unspecified atom stereocenters. The van der Waals surface area contributed by atoms with Gasteiger partial charge in [0.1, 0.15) is 6.04 Å². The number of hydrogen-bond acceptors (Lipinski definition) is 9. The Labute approximate surface area is 350 Å². The normalized spacial score (nSPS) is 19.8. The van der Waals surface area contributed by atoms with Crippen molar-refractivity contribution in [1.29, 1.82) is 0 Å². The number of aromatic nitrogens is 4. The summed E-state index contributed by atoms with van der Waals surface area (Å²) in [5.74, 6) is -1.43. The van der Waals surface area contributed by atoms with Crippen LogP contribution in [0.1, 0.15) is 100 Å². The number of fused-ring (bicyclic) bond motifs is 4. The van der Waals surface area contributed by atoms with Crippen LogP contribution < -0.4 is 10.2 Å². The summed E-state index contributed by atoms with van der Waals surface area (Å²) in [5, 5.41) is 8.38. The fraction of sp³-hybridized carbons (Fsp3) is 0.400. The van der Waals surface area contributed by atoms with E-state index in [1.807, 2.05) is 40.9 Å². The molecule has 2 saturated heterocycles. The van der Waals surface area contributed by atoms with Crippen LogP contribution >= 0.6 is 0 Å². The molecule has 314 valence electrons. The number of rotatable bonds is 7. The molecule has 8 heterocycles. The molecule has 61 heavy (non-hydrogen) atoms. The summed E-state index contributed by atoms with van der Waals surface area (Å²) in [6, 6.07) is 9.67. The van der Waals surface area contributed by atoms with Crippen molar-refractivity contribution in [2.24, 2.45) is 7.05 Å². The maximum Gasteiger partial charge on any atom is 0.264 e. The molecule has 5 aliphatic heterocycles. The number of benzene rings is 2. The molecule has 0 spiro atoms. The maximum absolute atomic E-state index is 15.1. The Hall–Kier alpha value is -6.29. The maximum atomic E-state index is 15.1. The molecule has 1 N–H and O–H groups in total. The average Bonchev–Trinajstić information content (AvgIpc) is 3.89. The fourth-order valence-electron chi connectivity index (χ4n) is 10.2. The Morgan fingerprint density at radius 2 is 1.75 bits per heavy atom. The van der Waals surface area contributed by atoms with E-state index in [1.54, 1.807) is 37.5 Å². The predicted octanol–water partition coefficient (Wildman–Crippen LogP) is 5.60. The summed E-state index contributed by atoms with van der Waals surface area (Å²) >= 11 is 0. The zero-order valence-corrected chi connectivity index (χ0v) is 34.0. The van der Waals surface area contributed by atoms with E-state index in [4.69, 9.17) is 5.10 Å². The number of nitrogens with zero attached hydrogens (tertiary/aromatic N) is 8. The van der Waals surface area contributed by atoms with E-state index < -0.39 is 36.1 Å². The zero-order chi connectivity index (χ0) is 42.3. The minimum Gasteiger partial charge on any atom is -0.350 e. The smallest absolute Gasteiger partial charge is 0.264 e. The Balaban J connectivity index is 0.930. The van der Waals surface area contributed by atoms with Crippen molar-refractivity contribution >= 4 is 51.9 Å². The number of hydrogen-bond donors (Lipinski definition) is 1. The number of carbonyl (C=O) groups is 5. The third-order valence-electron chi connectivity index (χ3n) is 13.3. The highest BCUT2D eigenvalue weighted by molar-refractivity contribution is 6.24. The first-order valence-corrected chi connectivity index (χ1v) is 21.0. The number of likely N-dealkylation sites (tertiary alicyclic amines) is 1. The molecule has 14 nitrogen and oxygen atoms in total. The van der Waals surface area contributed by atoms with Gasteiger partial charge in [-0.25, -0.2) is 8.78 Å². The van der Waals surface area contributed by atoms with E-state index in [0.29, 0.717) is 73.9 Å². The van der Waals surface area contributed by atoms with Gasteiger partial charge in [-0.2, -0.15) is 5.10 Å². The molecule has 0 radical (unpaired) electrons. The highest BCUT2D eigenvalue weighted by Crippen LogP contribution is 2.45. The standard InChI is InChI=1S/C45H45F2N9O5/c1-25(57)53-18-13-36-34(24-53)42(54-15-4-6-26-19-30(31(41(46)47)20-38(26)54)33-23-51(2)35-10-14-48-21-32(33)35)50-56(36)28-11-16-52(17-12-28)22-27-5-3-7-29-40(27)45(61)55(44(29)60)37-8-9-39(58)49-43(37)59/h3,5,7,10,14,19-21,23,28,37,41H,4,6,8-9,11-13,15-18,22,24H2,1-2H3,(H,49,58,59). The summed E-state index contributed by atoms with van der Waals surface area (Å²) in [6.45, 7) is 4.92. The highest BCUT2D eigenvalue weighted by atomic mass is 19.3. The number of amides is 5. The van der Waals surface area contributed by atoms with Gasteiger partial charge in [0.15, 0.2) is 5.82 Å². The zero-order valence-electron chi connectivity index (χ0n) is 34.0. The van der Waals surface area contributed by atoms with Crippen LogP contribution in [0, 0.1) is 0 Å². The summed E-state index contributed by atoms with van der Waals surface area (Å²) in [6.07, 6.45) is 6.40. The minimum absolute atomic E-state index is 0.0290. The number of imide groups is 2. The molecule has 5 aromatic rings. The molecular formula is C45H45F2N9O5. The number of nitrogens with one attached hydrogen (secondary N) is 1. The van der Waals surface area contributed by atoms with Gasteiger partial charge < -0.3 is 14.4 Å². The van der Waals surface area contributed by atoms with Crippen LogP contribution in [0.4, 0.5) is 20.3 Å². The van der Waals surface area contributed by atoms with Crippen molar-refractivity contribution in [3.63, 3.8) is 0 Å². The second-order valence-corrected chi connectivity index (χ2v) is 16.8. The molecule has 0 bridgehead atoms. The fourth-order valence-corrected chi connectivity index (χ4v) is 10.2. The molecule has 16 heteroatoms. The van der Waals surface area contributed by atoms with Gasteiger partial charge in [-0.3, -0.25) is 48.8 Å². The quantitative estimate of drug-likeness (QED) is 0.207. The number of pyridine rings is 1. The molecule has 5 aliphatic rings. The molecule has 0 saturated carbocycles. The second-order valence-electron chi connectivity index (χ2n) is 16.8. The van der Waals surface area contributed by atoms with Gasteiger partial charge in [0.05, 0.1) is 29.2 Å². The van der Waals surface area contributed by atoms with E-state index >= 15 is 8.78 Å². The van der Waals surface area contributed by atoms with Crippen LogP contribution in [0.25, 0.3) is 22.0 Å². The summed E-state index contributed by atoms with van der Waals surface area (Å²) < 4.78 is 34.3.